The summed E-state index contributed by atoms with van der Waals surface area (Å²) in [6.07, 6.45) is 8.24. The first kappa shape index (κ1) is 13.3. The molecule has 0 saturated carbocycles. The molecule has 1 saturated heterocycles. The summed E-state index contributed by atoms with van der Waals surface area (Å²) in [6, 6.07) is 10.8. The van der Waals surface area contributed by atoms with Gasteiger partial charge in [-0.2, -0.15) is 0 Å². The second-order valence-corrected chi connectivity index (χ2v) is 5.31. The fourth-order valence-electron chi connectivity index (χ4n) is 2.78. The molecule has 1 aliphatic heterocycles. The van der Waals surface area contributed by atoms with E-state index in [1.807, 2.05) is 0 Å². The highest BCUT2D eigenvalue weighted by atomic mass is 16.1. The van der Waals surface area contributed by atoms with Crippen molar-refractivity contribution in [2.45, 2.75) is 44.6 Å². The highest BCUT2D eigenvalue weighted by Gasteiger charge is 2.17. The summed E-state index contributed by atoms with van der Waals surface area (Å²) < 4.78 is 0. The first-order valence-electron chi connectivity index (χ1n) is 7.11. The molecule has 2 nitrogen and oxygen atoms in total. The molecule has 2 atom stereocenters. The molecule has 2 unspecified atom stereocenters. The molecular weight excluding hydrogens is 222 g/mol. The molecule has 1 aromatic carbocycles. The van der Waals surface area contributed by atoms with E-state index in [0.717, 1.165) is 25.2 Å². The summed E-state index contributed by atoms with van der Waals surface area (Å²) in [4.78, 5) is 10.8. The molecule has 2 heteroatoms. The summed E-state index contributed by atoms with van der Waals surface area (Å²) in [6.45, 7) is 0.999. The number of aryl methyl sites for hydroxylation is 1. The van der Waals surface area contributed by atoms with Crippen LogP contribution in [0.1, 0.15) is 37.7 Å². The third-order valence-corrected chi connectivity index (χ3v) is 3.93. The summed E-state index contributed by atoms with van der Waals surface area (Å²) >= 11 is 0. The molecule has 18 heavy (non-hydrogen) atoms. The van der Waals surface area contributed by atoms with E-state index in [4.69, 9.17) is 0 Å². The first-order valence-corrected chi connectivity index (χ1v) is 7.11. The minimum absolute atomic E-state index is 0.101. The Morgan fingerprint density at radius 2 is 2.00 bits per heavy atom. The topological polar surface area (TPSA) is 29.1 Å². The van der Waals surface area contributed by atoms with Gasteiger partial charge in [-0.25, -0.2) is 0 Å². The zero-order valence-electron chi connectivity index (χ0n) is 11.0. The van der Waals surface area contributed by atoms with E-state index < -0.39 is 0 Å². The normalized spacial score (nSPS) is 24.4. The van der Waals surface area contributed by atoms with Gasteiger partial charge in [0.25, 0.3) is 0 Å². The Kier molecular flexibility index (Phi) is 5.40. The van der Waals surface area contributed by atoms with Gasteiger partial charge in [-0.05, 0) is 50.1 Å². The Balaban J connectivity index is 1.69. The van der Waals surface area contributed by atoms with Crippen LogP contribution < -0.4 is 5.32 Å². The third kappa shape index (κ3) is 4.26. The fraction of sp³-hybridized carbons (Fsp3) is 0.562. The summed E-state index contributed by atoms with van der Waals surface area (Å²) in [5, 5.41) is 3.30. The lowest BCUT2D eigenvalue weighted by Crippen LogP contribution is -2.29. The first-order chi connectivity index (χ1) is 8.88. The summed E-state index contributed by atoms with van der Waals surface area (Å²) in [5.74, 6) is 0.797. The fourth-order valence-corrected chi connectivity index (χ4v) is 2.78. The maximum absolute atomic E-state index is 10.8. The zero-order chi connectivity index (χ0) is 12.6. The minimum Gasteiger partial charge on any atom is -0.308 e. The number of benzene rings is 1. The number of hydrogen-bond acceptors (Lipinski definition) is 2. The average molecular weight is 245 g/mol. The van der Waals surface area contributed by atoms with Crippen molar-refractivity contribution in [2.24, 2.45) is 5.92 Å². The number of carbonyl (C=O) groups excluding carboxylic acids is 1. The molecule has 0 spiro atoms. The van der Waals surface area contributed by atoms with Crippen molar-refractivity contribution < 1.29 is 4.79 Å². The molecule has 1 fully saturated rings. The van der Waals surface area contributed by atoms with Gasteiger partial charge in [-0.1, -0.05) is 36.8 Å². The molecule has 0 aromatic heterocycles. The lowest BCUT2D eigenvalue weighted by Gasteiger charge is -2.13. The largest absolute Gasteiger partial charge is 0.308 e. The monoisotopic (exact) mass is 245 g/mol. The van der Waals surface area contributed by atoms with Crippen molar-refractivity contribution in [3.8, 4) is 0 Å². The van der Waals surface area contributed by atoms with Crippen molar-refractivity contribution in [1.82, 2.24) is 5.32 Å². The van der Waals surface area contributed by atoms with Gasteiger partial charge in [0, 0.05) is 0 Å². The van der Waals surface area contributed by atoms with Gasteiger partial charge in [0.1, 0.15) is 6.29 Å². The summed E-state index contributed by atoms with van der Waals surface area (Å²) in [5.41, 5.74) is 1.44. The number of nitrogens with one attached hydrogen (secondary N) is 1. The van der Waals surface area contributed by atoms with Crippen LogP contribution in [-0.2, 0) is 11.2 Å². The van der Waals surface area contributed by atoms with Crippen molar-refractivity contribution in [3.05, 3.63) is 35.9 Å². The Labute approximate surface area is 110 Å². The van der Waals surface area contributed by atoms with Gasteiger partial charge < -0.3 is 10.1 Å². The zero-order valence-corrected chi connectivity index (χ0v) is 11.0. The van der Waals surface area contributed by atoms with E-state index in [-0.39, 0.29) is 6.04 Å². The maximum atomic E-state index is 10.8. The van der Waals surface area contributed by atoms with Crippen molar-refractivity contribution >= 4 is 6.29 Å². The van der Waals surface area contributed by atoms with Crippen LogP contribution in [0.15, 0.2) is 30.3 Å². The van der Waals surface area contributed by atoms with Crippen molar-refractivity contribution in [2.75, 3.05) is 6.54 Å². The lowest BCUT2D eigenvalue weighted by molar-refractivity contribution is -0.109. The van der Waals surface area contributed by atoms with Crippen LogP contribution in [0.3, 0.4) is 0 Å². The second kappa shape index (κ2) is 7.32. The number of rotatable bonds is 5. The molecule has 0 amide bonds. The Bertz CT molecular complexity index is 349. The van der Waals surface area contributed by atoms with Crippen LogP contribution in [0.5, 0.6) is 0 Å². The minimum atomic E-state index is 0.101. The number of carbonyl (C=O) groups is 1. The van der Waals surface area contributed by atoms with Crippen molar-refractivity contribution in [1.29, 1.82) is 0 Å². The maximum Gasteiger partial charge on any atom is 0.136 e. The van der Waals surface area contributed by atoms with E-state index in [0.29, 0.717) is 0 Å². The third-order valence-electron chi connectivity index (χ3n) is 3.93. The van der Waals surface area contributed by atoms with Gasteiger partial charge in [0.2, 0.25) is 0 Å². The molecule has 98 valence electrons. The van der Waals surface area contributed by atoms with E-state index in [9.17, 15) is 4.79 Å². The standard InChI is InChI=1S/C16H23NO/c18-13-16-10-9-15(11-12-17-16)8-4-7-14-5-2-1-3-6-14/h1-3,5-6,13,15-17H,4,7-12H2. The Morgan fingerprint density at radius 1 is 1.17 bits per heavy atom. The van der Waals surface area contributed by atoms with Crippen LogP contribution in [0.2, 0.25) is 0 Å². The molecule has 1 aliphatic rings. The van der Waals surface area contributed by atoms with Gasteiger partial charge in [-0.15, -0.1) is 0 Å². The molecular formula is C16H23NO. The highest BCUT2D eigenvalue weighted by Crippen LogP contribution is 2.21. The molecule has 2 rings (SSSR count). The number of aldehydes is 1. The molecule has 1 heterocycles. The smallest absolute Gasteiger partial charge is 0.136 e. The molecule has 0 bridgehead atoms. The highest BCUT2D eigenvalue weighted by molar-refractivity contribution is 5.57. The number of hydrogen-bond donors (Lipinski definition) is 1. The van der Waals surface area contributed by atoms with Gasteiger partial charge in [0.15, 0.2) is 0 Å². The van der Waals surface area contributed by atoms with Crippen molar-refractivity contribution in [3.63, 3.8) is 0 Å². The summed E-state index contributed by atoms with van der Waals surface area (Å²) in [7, 11) is 0. The second-order valence-electron chi connectivity index (χ2n) is 5.31. The molecule has 1 N–H and O–H groups in total. The average Bonchev–Trinajstić information content (AvgIpc) is 2.65. The van der Waals surface area contributed by atoms with Crippen LogP contribution in [-0.4, -0.2) is 18.9 Å². The van der Waals surface area contributed by atoms with E-state index in [1.54, 1.807) is 0 Å². The quantitative estimate of drug-likeness (QED) is 0.808. The SMILES string of the molecule is O=CC1CCC(CCCc2ccccc2)CCN1. The predicted molar refractivity (Wildman–Crippen MR) is 74.6 cm³/mol. The molecule has 0 radical (unpaired) electrons. The van der Waals surface area contributed by atoms with Crippen LogP contribution in [0.25, 0.3) is 0 Å². The van der Waals surface area contributed by atoms with Crippen LogP contribution in [0.4, 0.5) is 0 Å². The van der Waals surface area contributed by atoms with Crippen LogP contribution in [0, 0.1) is 5.92 Å². The van der Waals surface area contributed by atoms with Gasteiger partial charge in [0.05, 0.1) is 6.04 Å². The van der Waals surface area contributed by atoms with E-state index in [2.05, 4.69) is 35.6 Å². The van der Waals surface area contributed by atoms with E-state index in [1.165, 1.54) is 37.7 Å². The Hall–Kier alpha value is -1.15. The van der Waals surface area contributed by atoms with E-state index >= 15 is 0 Å². The Morgan fingerprint density at radius 3 is 2.78 bits per heavy atom. The van der Waals surface area contributed by atoms with Gasteiger partial charge >= 0.3 is 0 Å². The molecule has 0 aliphatic carbocycles. The lowest BCUT2D eigenvalue weighted by atomic mass is 9.92. The van der Waals surface area contributed by atoms with Gasteiger partial charge in [-0.3, -0.25) is 0 Å². The van der Waals surface area contributed by atoms with Crippen LogP contribution >= 0.6 is 0 Å². The predicted octanol–water partition coefficient (Wildman–Crippen LogP) is 2.97. The molecule has 1 aromatic rings.